The molecule has 1 rings (SSSR count). The minimum atomic E-state index is 0.341. The molecule has 0 aliphatic rings. The molecule has 1 aromatic heterocycles. The third-order valence-electron chi connectivity index (χ3n) is 3.81. The third kappa shape index (κ3) is 5.10. The van der Waals surface area contributed by atoms with Crippen molar-refractivity contribution < 1.29 is 0 Å². The SMILES string of the molecule is CCCCCC(C)(C)CNCc1c(Cl)c(C)nn1CC. The van der Waals surface area contributed by atoms with Crippen LogP contribution in [0.15, 0.2) is 0 Å². The molecule has 0 aromatic carbocycles. The molecule has 0 aliphatic heterocycles. The average Bonchev–Trinajstić information content (AvgIpc) is 2.66. The van der Waals surface area contributed by atoms with Gasteiger partial charge in [-0.25, -0.2) is 0 Å². The quantitative estimate of drug-likeness (QED) is 0.677. The molecular weight excluding hydrogens is 270 g/mol. The molecule has 116 valence electrons. The van der Waals surface area contributed by atoms with E-state index in [2.05, 4.69) is 38.1 Å². The fourth-order valence-corrected chi connectivity index (χ4v) is 2.70. The number of unbranched alkanes of at least 4 members (excludes halogenated alkanes) is 2. The predicted octanol–water partition coefficient (Wildman–Crippen LogP) is 4.56. The highest BCUT2D eigenvalue weighted by Gasteiger charge is 2.18. The van der Waals surface area contributed by atoms with Crippen LogP contribution in [0.2, 0.25) is 5.02 Å². The maximum absolute atomic E-state index is 6.32. The van der Waals surface area contributed by atoms with Gasteiger partial charge in [-0.3, -0.25) is 4.68 Å². The first-order valence-electron chi connectivity index (χ1n) is 7.83. The van der Waals surface area contributed by atoms with Gasteiger partial charge in [-0.2, -0.15) is 5.10 Å². The summed E-state index contributed by atoms with van der Waals surface area (Å²) in [6.07, 6.45) is 5.21. The van der Waals surface area contributed by atoms with Crippen LogP contribution in [-0.2, 0) is 13.1 Å². The first-order chi connectivity index (χ1) is 9.41. The highest BCUT2D eigenvalue weighted by atomic mass is 35.5. The minimum absolute atomic E-state index is 0.341. The summed E-state index contributed by atoms with van der Waals surface area (Å²) in [5, 5.41) is 8.81. The van der Waals surface area contributed by atoms with Crippen LogP contribution in [0.5, 0.6) is 0 Å². The maximum atomic E-state index is 6.32. The number of nitrogens with zero attached hydrogens (tertiary/aromatic N) is 2. The van der Waals surface area contributed by atoms with E-state index in [1.165, 1.54) is 25.7 Å². The largest absolute Gasteiger partial charge is 0.311 e. The summed E-state index contributed by atoms with van der Waals surface area (Å²) < 4.78 is 1.99. The topological polar surface area (TPSA) is 29.9 Å². The zero-order valence-corrected chi connectivity index (χ0v) is 14.5. The lowest BCUT2D eigenvalue weighted by Gasteiger charge is -2.25. The summed E-state index contributed by atoms with van der Waals surface area (Å²) in [7, 11) is 0. The van der Waals surface area contributed by atoms with Crippen molar-refractivity contribution in [2.75, 3.05) is 6.54 Å². The van der Waals surface area contributed by atoms with Gasteiger partial charge in [0, 0.05) is 19.6 Å². The van der Waals surface area contributed by atoms with Crippen molar-refractivity contribution in [1.82, 2.24) is 15.1 Å². The molecule has 1 aromatic rings. The molecule has 0 bridgehead atoms. The predicted molar refractivity (Wildman–Crippen MR) is 87.3 cm³/mol. The van der Waals surface area contributed by atoms with Gasteiger partial charge in [0.05, 0.1) is 16.4 Å². The van der Waals surface area contributed by atoms with E-state index in [1.807, 2.05) is 11.6 Å². The normalized spacial score (nSPS) is 12.1. The van der Waals surface area contributed by atoms with Crippen LogP contribution in [0.25, 0.3) is 0 Å². The molecular formula is C16H30ClN3. The van der Waals surface area contributed by atoms with Gasteiger partial charge in [-0.15, -0.1) is 0 Å². The molecule has 0 fully saturated rings. The van der Waals surface area contributed by atoms with Crippen molar-refractivity contribution in [1.29, 1.82) is 0 Å². The van der Waals surface area contributed by atoms with Gasteiger partial charge in [0.25, 0.3) is 0 Å². The van der Waals surface area contributed by atoms with E-state index < -0.39 is 0 Å². The van der Waals surface area contributed by atoms with Crippen molar-refractivity contribution in [2.24, 2.45) is 5.41 Å². The molecule has 20 heavy (non-hydrogen) atoms. The second-order valence-electron chi connectivity index (χ2n) is 6.39. The Morgan fingerprint density at radius 3 is 2.55 bits per heavy atom. The maximum Gasteiger partial charge on any atom is 0.0860 e. The highest BCUT2D eigenvalue weighted by Crippen LogP contribution is 2.24. The Bertz CT molecular complexity index is 410. The first-order valence-corrected chi connectivity index (χ1v) is 8.21. The lowest BCUT2D eigenvalue weighted by Crippen LogP contribution is -2.29. The highest BCUT2D eigenvalue weighted by molar-refractivity contribution is 6.31. The zero-order chi connectivity index (χ0) is 15.2. The van der Waals surface area contributed by atoms with Crippen LogP contribution in [0.3, 0.4) is 0 Å². The number of hydrogen-bond acceptors (Lipinski definition) is 2. The molecule has 0 amide bonds. The number of aryl methyl sites for hydroxylation is 2. The second kappa shape index (κ2) is 8.04. The van der Waals surface area contributed by atoms with Crippen molar-refractivity contribution in [3.63, 3.8) is 0 Å². The summed E-state index contributed by atoms with van der Waals surface area (Å²) in [6, 6.07) is 0. The molecule has 1 heterocycles. The molecule has 0 radical (unpaired) electrons. The van der Waals surface area contributed by atoms with Crippen molar-refractivity contribution >= 4 is 11.6 Å². The smallest absolute Gasteiger partial charge is 0.0860 e. The van der Waals surface area contributed by atoms with Gasteiger partial charge < -0.3 is 5.32 Å². The molecule has 0 aliphatic carbocycles. The average molecular weight is 300 g/mol. The molecule has 3 nitrogen and oxygen atoms in total. The van der Waals surface area contributed by atoms with Crippen molar-refractivity contribution in [2.45, 2.75) is 73.4 Å². The van der Waals surface area contributed by atoms with E-state index in [0.717, 1.165) is 36.0 Å². The minimum Gasteiger partial charge on any atom is -0.311 e. The molecule has 0 saturated heterocycles. The van der Waals surface area contributed by atoms with E-state index in [4.69, 9.17) is 11.6 Å². The number of halogens is 1. The first kappa shape index (κ1) is 17.5. The Morgan fingerprint density at radius 1 is 1.25 bits per heavy atom. The Balaban J connectivity index is 2.47. The molecule has 0 spiro atoms. The Morgan fingerprint density at radius 2 is 1.95 bits per heavy atom. The third-order valence-corrected chi connectivity index (χ3v) is 4.30. The molecule has 0 saturated carbocycles. The lowest BCUT2D eigenvalue weighted by molar-refractivity contribution is 0.300. The standard InChI is InChI=1S/C16H30ClN3/c1-6-8-9-10-16(4,5)12-18-11-14-15(17)13(3)19-20(14)7-2/h18H,6-12H2,1-5H3. The molecule has 0 atom stereocenters. The summed E-state index contributed by atoms with van der Waals surface area (Å²) in [5.41, 5.74) is 2.37. The Labute approximate surface area is 129 Å². The van der Waals surface area contributed by atoms with Crippen LogP contribution in [0, 0.1) is 12.3 Å². The van der Waals surface area contributed by atoms with Crippen LogP contribution in [0.4, 0.5) is 0 Å². The van der Waals surface area contributed by atoms with Gasteiger partial charge in [-0.1, -0.05) is 51.6 Å². The van der Waals surface area contributed by atoms with Gasteiger partial charge in [0.2, 0.25) is 0 Å². The van der Waals surface area contributed by atoms with E-state index >= 15 is 0 Å². The van der Waals surface area contributed by atoms with E-state index in [9.17, 15) is 0 Å². The summed E-state index contributed by atoms with van der Waals surface area (Å²) in [5.74, 6) is 0. The summed E-state index contributed by atoms with van der Waals surface area (Å²) >= 11 is 6.32. The van der Waals surface area contributed by atoms with E-state index in [1.54, 1.807) is 0 Å². The Kier molecular flexibility index (Phi) is 7.04. The van der Waals surface area contributed by atoms with Crippen molar-refractivity contribution in [3.8, 4) is 0 Å². The number of rotatable bonds is 9. The number of nitrogens with one attached hydrogen (secondary N) is 1. The molecule has 4 heteroatoms. The van der Waals surface area contributed by atoms with Crippen LogP contribution in [0.1, 0.15) is 64.8 Å². The second-order valence-corrected chi connectivity index (χ2v) is 6.76. The van der Waals surface area contributed by atoms with Gasteiger partial charge in [0.15, 0.2) is 0 Å². The molecule has 0 unspecified atom stereocenters. The summed E-state index contributed by atoms with van der Waals surface area (Å²) in [4.78, 5) is 0. The monoisotopic (exact) mass is 299 g/mol. The zero-order valence-electron chi connectivity index (χ0n) is 13.7. The van der Waals surface area contributed by atoms with E-state index in [0.29, 0.717) is 5.41 Å². The fourth-order valence-electron chi connectivity index (χ4n) is 2.50. The molecule has 1 N–H and O–H groups in total. The van der Waals surface area contributed by atoms with Crippen molar-refractivity contribution in [3.05, 3.63) is 16.4 Å². The van der Waals surface area contributed by atoms with Gasteiger partial charge in [0.1, 0.15) is 0 Å². The Hall–Kier alpha value is -0.540. The van der Waals surface area contributed by atoms with Gasteiger partial charge in [-0.05, 0) is 25.7 Å². The lowest BCUT2D eigenvalue weighted by atomic mass is 9.87. The van der Waals surface area contributed by atoms with Crippen LogP contribution in [-0.4, -0.2) is 16.3 Å². The van der Waals surface area contributed by atoms with E-state index in [-0.39, 0.29) is 0 Å². The number of hydrogen-bond donors (Lipinski definition) is 1. The van der Waals surface area contributed by atoms with Gasteiger partial charge >= 0.3 is 0 Å². The summed E-state index contributed by atoms with van der Waals surface area (Å²) in [6.45, 7) is 13.7. The fraction of sp³-hybridized carbons (Fsp3) is 0.812. The van der Waals surface area contributed by atoms with Crippen LogP contribution >= 0.6 is 11.6 Å². The van der Waals surface area contributed by atoms with Crippen LogP contribution < -0.4 is 5.32 Å². The number of aromatic nitrogens is 2.